The molecule has 0 unspecified atom stereocenters. The minimum atomic E-state index is -0.844. The third-order valence-electron chi connectivity index (χ3n) is 6.03. The Hall–Kier alpha value is -3.00. The van der Waals surface area contributed by atoms with E-state index in [4.69, 9.17) is 14.2 Å². The van der Waals surface area contributed by atoms with Crippen molar-refractivity contribution in [3.63, 3.8) is 0 Å². The molecule has 2 aromatic rings. The number of carbonyl (C=O) groups is 2. The van der Waals surface area contributed by atoms with Crippen molar-refractivity contribution in [1.29, 1.82) is 0 Å². The fourth-order valence-corrected chi connectivity index (χ4v) is 5.07. The standard InChI is InChI=1S/C23H21BrN2O5/c1-11-7-16-20(22(27)19(11)23(28)29-2)21(26-15-6-4-3-5-14(15)25-16)12-8-17-18(9-13(12)24)31-10-30-17/h3-6,8-9,11,19,21,25-26H,7,10H2,1-2H3/t11-,19-,21+/m1/s1. The van der Waals surface area contributed by atoms with Gasteiger partial charge in [0.25, 0.3) is 0 Å². The number of allylic oxidation sites excluding steroid dienone is 1. The third-order valence-corrected chi connectivity index (χ3v) is 6.71. The molecule has 0 radical (unpaired) electrons. The van der Waals surface area contributed by atoms with Gasteiger partial charge in [-0.15, -0.1) is 0 Å². The van der Waals surface area contributed by atoms with Crippen LogP contribution in [-0.4, -0.2) is 25.7 Å². The van der Waals surface area contributed by atoms with Gasteiger partial charge in [0, 0.05) is 15.7 Å². The number of ether oxygens (including phenoxy) is 3. The highest BCUT2D eigenvalue weighted by molar-refractivity contribution is 9.10. The zero-order valence-corrected chi connectivity index (χ0v) is 18.6. The number of fused-ring (bicyclic) bond motifs is 2. The lowest BCUT2D eigenvalue weighted by atomic mass is 9.75. The van der Waals surface area contributed by atoms with Gasteiger partial charge in [0.05, 0.1) is 24.5 Å². The van der Waals surface area contributed by atoms with Crippen molar-refractivity contribution in [3.8, 4) is 11.5 Å². The van der Waals surface area contributed by atoms with Crippen molar-refractivity contribution >= 4 is 39.1 Å². The number of ketones is 1. The number of rotatable bonds is 2. The molecule has 7 nitrogen and oxygen atoms in total. The maximum absolute atomic E-state index is 13.7. The first-order valence-electron chi connectivity index (χ1n) is 10.0. The maximum atomic E-state index is 13.7. The molecule has 2 aromatic carbocycles. The lowest BCUT2D eigenvalue weighted by Gasteiger charge is -2.32. The topological polar surface area (TPSA) is 85.9 Å². The van der Waals surface area contributed by atoms with E-state index in [0.717, 1.165) is 27.1 Å². The number of anilines is 2. The number of methoxy groups -OCH3 is 1. The summed E-state index contributed by atoms with van der Waals surface area (Å²) in [5.41, 5.74) is 3.91. The van der Waals surface area contributed by atoms with Crippen LogP contribution >= 0.6 is 15.9 Å². The first-order valence-corrected chi connectivity index (χ1v) is 10.8. The molecule has 5 rings (SSSR count). The molecule has 2 heterocycles. The average molecular weight is 485 g/mol. The Kier molecular flexibility index (Phi) is 4.89. The van der Waals surface area contributed by atoms with Crippen molar-refractivity contribution in [2.45, 2.75) is 19.4 Å². The molecule has 31 heavy (non-hydrogen) atoms. The zero-order chi connectivity index (χ0) is 21.7. The molecule has 3 atom stereocenters. The summed E-state index contributed by atoms with van der Waals surface area (Å²) in [6.07, 6.45) is 0.551. The van der Waals surface area contributed by atoms with Gasteiger partial charge in [-0.2, -0.15) is 0 Å². The lowest BCUT2D eigenvalue weighted by molar-refractivity contribution is -0.151. The summed E-state index contributed by atoms with van der Waals surface area (Å²) in [6.45, 7) is 2.06. The lowest BCUT2D eigenvalue weighted by Crippen LogP contribution is -2.39. The monoisotopic (exact) mass is 484 g/mol. The fourth-order valence-electron chi connectivity index (χ4n) is 4.52. The van der Waals surface area contributed by atoms with Gasteiger partial charge in [-0.1, -0.05) is 35.0 Å². The van der Waals surface area contributed by atoms with Crippen molar-refractivity contribution in [3.05, 3.63) is 57.7 Å². The first kappa shape index (κ1) is 19.9. The number of Topliss-reactive ketones (excluding diaryl/α,β-unsaturated/α-hetero) is 1. The Labute approximate surface area is 187 Å². The normalized spacial score (nSPS) is 23.8. The highest BCUT2D eigenvalue weighted by Gasteiger charge is 2.44. The molecule has 0 fully saturated rings. The van der Waals surface area contributed by atoms with Crippen LogP contribution in [0.15, 0.2) is 52.1 Å². The average Bonchev–Trinajstić information content (AvgIpc) is 3.13. The molecular weight excluding hydrogens is 464 g/mol. The highest BCUT2D eigenvalue weighted by Crippen LogP contribution is 2.47. The maximum Gasteiger partial charge on any atom is 0.316 e. The van der Waals surface area contributed by atoms with Gasteiger partial charge in [0.1, 0.15) is 5.92 Å². The number of para-hydroxylation sites is 2. The smallest absolute Gasteiger partial charge is 0.316 e. The molecule has 0 saturated carbocycles. The van der Waals surface area contributed by atoms with E-state index in [1.54, 1.807) is 0 Å². The van der Waals surface area contributed by atoms with Crippen LogP contribution in [0.3, 0.4) is 0 Å². The SMILES string of the molecule is COC(=O)[C@H]1C(=O)C2=C(C[C@H]1C)Nc1ccccc1N[C@H]2c1cc2c(cc1Br)OCO2. The van der Waals surface area contributed by atoms with Crippen LogP contribution in [0, 0.1) is 11.8 Å². The Morgan fingerprint density at radius 1 is 1.16 bits per heavy atom. The highest BCUT2D eigenvalue weighted by atomic mass is 79.9. The molecule has 1 aliphatic carbocycles. The Bertz CT molecular complexity index is 1130. The molecule has 0 amide bonds. The number of carbonyl (C=O) groups excluding carboxylic acids is 2. The third kappa shape index (κ3) is 3.26. The number of hydrogen-bond acceptors (Lipinski definition) is 7. The van der Waals surface area contributed by atoms with E-state index in [1.165, 1.54) is 7.11 Å². The van der Waals surface area contributed by atoms with Gasteiger partial charge >= 0.3 is 5.97 Å². The molecule has 0 bridgehead atoms. The summed E-state index contributed by atoms with van der Waals surface area (Å²) in [5.74, 6) is -0.500. The van der Waals surface area contributed by atoms with Gasteiger partial charge in [0.2, 0.25) is 6.79 Å². The van der Waals surface area contributed by atoms with Crippen molar-refractivity contribution in [1.82, 2.24) is 0 Å². The van der Waals surface area contributed by atoms with Crippen LogP contribution in [0.4, 0.5) is 11.4 Å². The largest absolute Gasteiger partial charge is 0.468 e. The van der Waals surface area contributed by atoms with Gasteiger partial charge in [-0.05, 0) is 42.2 Å². The van der Waals surface area contributed by atoms with E-state index >= 15 is 0 Å². The molecule has 2 N–H and O–H groups in total. The van der Waals surface area contributed by atoms with Crippen LogP contribution in [0.2, 0.25) is 0 Å². The summed E-state index contributed by atoms with van der Waals surface area (Å²) < 4.78 is 16.8. The number of nitrogens with one attached hydrogen (secondary N) is 2. The zero-order valence-electron chi connectivity index (χ0n) is 17.0. The molecule has 0 spiro atoms. The second-order valence-corrected chi connectivity index (χ2v) is 8.77. The Morgan fingerprint density at radius 3 is 2.61 bits per heavy atom. The van der Waals surface area contributed by atoms with Gasteiger partial charge < -0.3 is 24.8 Å². The van der Waals surface area contributed by atoms with Crippen LogP contribution < -0.4 is 20.1 Å². The van der Waals surface area contributed by atoms with Crippen molar-refractivity contribution < 1.29 is 23.8 Å². The minimum Gasteiger partial charge on any atom is -0.468 e. The molecular formula is C23H21BrN2O5. The summed E-state index contributed by atoms with van der Waals surface area (Å²) in [7, 11) is 1.32. The van der Waals surface area contributed by atoms with Crippen molar-refractivity contribution in [2.75, 3.05) is 24.5 Å². The van der Waals surface area contributed by atoms with E-state index < -0.39 is 17.9 Å². The van der Waals surface area contributed by atoms with Gasteiger partial charge in [0.15, 0.2) is 17.3 Å². The summed E-state index contributed by atoms with van der Waals surface area (Å²) >= 11 is 3.64. The first-order chi connectivity index (χ1) is 15.0. The number of hydrogen-bond donors (Lipinski definition) is 2. The fraction of sp³-hybridized carbons (Fsp3) is 0.304. The number of halogens is 1. The summed E-state index contributed by atoms with van der Waals surface area (Å²) in [6, 6.07) is 11.0. The predicted octanol–water partition coefficient (Wildman–Crippen LogP) is 4.41. The molecule has 0 aromatic heterocycles. The quantitative estimate of drug-likeness (QED) is 0.482. The molecule has 3 aliphatic rings. The second kappa shape index (κ2) is 7.60. The van der Waals surface area contributed by atoms with E-state index in [1.807, 2.05) is 43.3 Å². The van der Waals surface area contributed by atoms with E-state index in [0.29, 0.717) is 23.5 Å². The van der Waals surface area contributed by atoms with Crippen LogP contribution in [0.5, 0.6) is 11.5 Å². The molecule has 160 valence electrons. The van der Waals surface area contributed by atoms with E-state index in [9.17, 15) is 9.59 Å². The second-order valence-electron chi connectivity index (χ2n) is 7.91. The number of benzene rings is 2. The van der Waals surface area contributed by atoms with Gasteiger partial charge in [-0.3, -0.25) is 9.59 Å². The summed E-state index contributed by atoms with van der Waals surface area (Å²) in [4.78, 5) is 26.2. The van der Waals surface area contributed by atoms with E-state index in [-0.39, 0.29) is 18.5 Å². The van der Waals surface area contributed by atoms with E-state index in [2.05, 4.69) is 26.6 Å². The summed E-state index contributed by atoms with van der Waals surface area (Å²) in [5, 5.41) is 6.95. The van der Waals surface area contributed by atoms with Gasteiger partial charge in [-0.25, -0.2) is 0 Å². The molecule has 8 heteroatoms. The molecule has 2 aliphatic heterocycles. The predicted molar refractivity (Wildman–Crippen MR) is 118 cm³/mol. The Balaban J connectivity index is 1.69. The minimum absolute atomic E-state index is 0.155. The Morgan fingerprint density at radius 2 is 1.87 bits per heavy atom. The van der Waals surface area contributed by atoms with Crippen LogP contribution in [-0.2, 0) is 14.3 Å². The van der Waals surface area contributed by atoms with Crippen LogP contribution in [0.1, 0.15) is 24.9 Å². The molecule has 0 saturated heterocycles. The number of esters is 1. The van der Waals surface area contributed by atoms with Crippen LogP contribution in [0.25, 0.3) is 0 Å². The van der Waals surface area contributed by atoms with Crippen molar-refractivity contribution in [2.24, 2.45) is 11.8 Å².